The zero-order chi connectivity index (χ0) is 18.6. The maximum Gasteiger partial charge on any atom is 0.338 e. The number of carbonyl (C=O) groups is 1. The molecule has 0 saturated carbocycles. The molecule has 27 heavy (non-hydrogen) atoms. The van der Waals surface area contributed by atoms with E-state index in [0.29, 0.717) is 12.1 Å². The van der Waals surface area contributed by atoms with Crippen LogP contribution in [-0.4, -0.2) is 21.0 Å². The SMILES string of the molecule is C[C@H](OC(=O)c1ccc(Cn2nnc3ccccc32)cc1)c1ccccc1. The van der Waals surface area contributed by atoms with Crippen LogP contribution in [0.1, 0.15) is 34.5 Å². The van der Waals surface area contributed by atoms with E-state index in [1.165, 1.54) is 0 Å². The first kappa shape index (κ1) is 17.0. The van der Waals surface area contributed by atoms with E-state index in [9.17, 15) is 4.79 Å². The summed E-state index contributed by atoms with van der Waals surface area (Å²) in [5.41, 5.74) is 4.40. The van der Waals surface area contributed by atoms with Crippen LogP contribution < -0.4 is 0 Å². The molecule has 4 rings (SSSR count). The van der Waals surface area contributed by atoms with Crippen LogP contribution in [0.5, 0.6) is 0 Å². The lowest BCUT2D eigenvalue weighted by atomic mass is 10.1. The second-order valence-electron chi connectivity index (χ2n) is 6.39. The fourth-order valence-electron chi connectivity index (χ4n) is 2.97. The molecule has 0 aliphatic carbocycles. The molecule has 1 aromatic heterocycles. The highest BCUT2D eigenvalue weighted by Gasteiger charge is 2.13. The van der Waals surface area contributed by atoms with E-state index in [-0.39, 0.29) is 12.1 Å². The van der Waals surface area contributed by atoms with E-state index in [0.717, 1.165) is 22.2 Å². The minimum absolute atomic E-state index is 0.292. The highest BCUT2D eigenvalue weighted by molar-refractivity contribution is 5.89. The van der Waals surface area contributed by atoms with Gasteiger partial charge in [-0.2, -0.15) is 0 Å². The van der Waals surface area contributed by atoms with Crippen molar-refractivity contribution in [2.75, 3.05) is 0 Å². The van der Waals surface area contributed by atoms with Gasteiger partial charge in [0, 0.05) is 0 Å². The number of nitrogens with zero attached hydrogens (tertiary/aromatic N) is 3. The van der Waals surface area contributed by atoms with Crippen molar-refractivity contribution in [1.29, 1.82) is 0 Å². The number of benzene rings is 3. The van der Waals surface area contributed by atoms with E-state index in [4.69, 9.17) is 4.74 Å². The van der Waals surface area contributed by atoms with Crippen LogP contribution in [0.25, 0.3) is 11.0 Å². The molecule has 1 atom stereocenters. The van der Waals surface area contributed by atoms with Gasteiger partial charge in [0.2, 0.25) is 0 Å². The molecule has 5 nitrogen and oxygen atoms in total. The second-order valence-corrected chi connectivity index (χ2v) is 6.39. The van der Waals surface area contributed by atoms with Crippen molar-refractivity contribution in [1.82, 2.24) is 15.0 Å². The lowest BCUT2D eigenvalue weighted by Crippen LogP contribution is -2.09. The molecular formula is C22H19N3O2. The molecule has 0 N–H and O–H groups in total. The third-order valence-electron chi connectivity index (χ3n) is 4.50. The predicted molar refractivity (Wildman–Crippen MR) is 103 cm³/mol. The zero-order valence-electron chi connectivity index (χ0n) is 14.9. The van der Waals surface area contributed by atoms with Crippen LogP contribution in [0.3, 0.4) is 0 Å². The number of carbonyl (C=O) groups excluding carboxylic acids is 1. The van der Waals surface area contributed by atoms with Crippen molar-refractivity contribution in [3.8, 4) is 0 Å². The van der Waals surface area contributed by atoms with Crippen LogP contribution in [-0.2, 0) is 11.3 Å². The van der Waals surface area contributed by atoms with Gasteiger partial charge in [-0.1, -0.05) is 59.8 Å². The van der Waals surface area contributed by atoms with Gasteiger partial charge in [-0.3, -0.25) is 0 Å². The molecule has 0 fully saturated rings. The molecule has 0 aliphatic heterocycles. The summed E-state index contributed by atoms with van der Waals surface area (Å²) in [6.07, 6.45) is -0.292. The third kappa shape index (κ3) is 3.72. The van der Waals surface area contributed by atoms with Gasteiger partial charge in [-0.05, 0) is 42.3 Å². The Kier molecular flexibility index (Phi) is 4.66. The van der Waals surface area contributed by atoms with Gasteiger partial charge in [-0.15, -0.1) is 5.10 Å². The second kappa shape index (κ2) is 7.41. The summed E-state index contributed by atoms with van der Waals surface area (Å²) in [6.45, 7) is 2.47. The lowest BCUT2D eigenvalue weighted by molar-refractivity contribution is 0.0338. The Morgan fingerprint density at radius 3 is 2.44 bits per heavy atom. The average molecular weight is 357 g/mol. The van der Waals surface area contributed by atoms with Crippen molar-refractivity contribution in [2.45, 2.75) is 19.6 Å². The van der Waals surface area contributed by atoms with Crippen molar-refractivity contribution in [3.63, 3.8) is 0 Å². The van der Waals surface area contributed by atoms with Gasteiger partial charge >= 0.3 is 5.97 Å². The largest absolute Gasteiger partial charge is 0.454 e. The molecule has 134 valence electrons. The number of rotatable bonds is 5. The minimum Gasteiger partial charge on any atom is -0.454 e. The zero-order valence-corrected chi connectivity index (χ0v) is 14.9. The van der Waals surface area contributed by atoms with Crippen LogP contribution in [0.15, 0.2) is 78.9 Å². The van der Waals surface area contributed by atoms with E-state index < -0.39 is 0 Å². The Labute approximate surface area is 157 Å². The first-order valence-electron chi connectivity index (χ1n) is 8.84. The molecule has 1 heterocycles. The van der Waals surface area contributed by atoms with Crippen LogP contribution >= 0.6 is 0 Å². The highest BCUT2D eigenvalue weighted by Crippen LogP contribution is 2.19. The minimum atomic E-state index is -0.330. The van der Waals surface area contributed by atoms with Gasteiger partial charge in [-0.25, -0.2) is 9.48 Å². The summed E-state index contributed by atoms with van der Waals surface area (Å²) in [5, 5.41) is 8.36. The summed E-state index contributed by atoms with van der Waals surface area (Å²) in [4.78, 5) is 12.4. The van der Waals surface area contributed by atoms with Crippen molar-refractivity contribution < 1.29 is 9.53 Å². The quantitative estimate of drug-likeness (QED) is 0.497. The molecule has 4 aromatic rings. The first-order valence-corrected chi connectivity index (χ1v) is 8.84. The molecule has 0 saturated heterocycles. The summed E-state index contributed by atoms with van der Waals surface area (Å²) < 4.78 is 7.41. The summed E-state index contributed by atoms with van der Waals surface area (Å²) in [6, 6.07) is 24.9. The Bertz CT molecular complexity index is 1060. The monoisotopic (exact) mass is 357 g/mol. The maximum absolute atomic E-state index is 12.4. The van der Waals surface area contributed by atoms with Gasteiger partial charge < -0.3 is 4.74 Å². The Balaban J connectivity index is 1.45. The number of esters is 1. The molecule has 5 heteroatoms. The predicted octanol–water partition coefficient (Wildman–Crippen LogP) is 4.40. The standard InChI is InChI=1S/C22H19N3O2/c1-16(18-7-3-2-4-8-18)27-22(26)19-13-11-17(12-14-19)15-25-21-10-6-5-9-20(21)23-24-25/h2-14,16H,15H2,1H3/t16-/m0/s1. The fraction of sp³-hybridized carbons (Fsp3) is 0.136. The fourth-order valence-corrected chi connectivity index (χ4v) is 2.97. The number of hydrogen-bond donors (Lipinski definition) is 0. The third-order valence-corrected chi connectivity index (χ3v) is 4.50. The lowest BCUT2D eigenvalue weighted by Gasteiger charge is -2.13. The molecule has 0 aliphatic rings. The Morgan fingerprint density at radius 2 is 1.67 bits per heavy atom. The Hall–Kier alpha value is -3.47. The molecule has 0 bridgehead atoms. The van der Waals surface area contributed by atoms with E-state index in [1.54, 1.807) is 12.1 Å². The number of hydrogen-bond acceptors (Lipinski definition) is 4. The number of aromatic nitrogens is 3. The molecule has 0 radical (unpaired) electrons. The summed E-state index contributed by atoms with van der Waals surface area (Å²) >= 11 is 0. The van der Waals surface area contributed by atoms with Crippen LogP contribution in [0.4, 0.5) is 0 Å². The van der Waals surface area contributed by atoms with E-state index in [1.807, 2.05) is 78.3 Å². The summed E-state index contributed by atoms with van der Waals surface area (Å²) in [7, 11) is 0. The molecule has 3 aromatic carbocycles. The van der Waals surface area contributed by atoms with Crippen molar-refractivity contribution in [2.24, 2.45) is 0 Å². The van der Waals surface area contributed by atoms with Gasteiger partial charge in [0.15, 0.2) is 0 Å². The van der Waals surface area contributed by atoms with E-state index >= 15 is 0 Å². The number of para-hydroxylation sites is 1. The summed E-state index contributed by atoms with van der Waals surface area (Å²) in [5.74, 6) is -0.330. The van der Waals surface area contributed by atoms with Gasteiger partial charge in [0.05, 0.1) is 17.6 Å². The topological polar surface area (TPSA) is 57.0 Å². The number of fused-ring (bicyclic) bond motifs is 1. The molecule has 0 unspecified atom stereocenters. The van der Waals surface area contributed by atoms with Crippen LogP contribution in [0, 0.1) is 0 Å². The smallest absolute Gasteiger partial charge is 0.338 e. The van der Waals surface area contributed by atoms with Crippen molar-refractivity contribution >= 4 is 17.0 Å². The molecule has 0 spiro atoms. The Morgan fingerprint density at radius 1 is 0.963 bits per heavy atom. The normalized spacial score (nSPS) is 12.0. The van der Waals surface area contributed by atoms with Crippen molar-refractivity contribution in [3.05, 3.63) is 95.6 Å². The molecular weight excluding hydrogens is 338 g/mol. The number of ether oxygens (including phenoxy) is 1. The molecule has 0 amide bonds. The highest BCUT2D eigenvalue weighted by atomic mass is 16.5. The van der Waals surface area contributed by atoms with E-state index in [2.05, 4.69) is 10.3 Å². The van der Waals surface area contributed by atoms with Gasteiger partial charge in [0.25, 0.3) is 0 Å². The first-order chi connectivity index (χ1) is 13.2. The maximum atomic E-state index is 12.4. The van der Waals surface area contributed by atoms with Crippen LogP contribution in [0.2, 0.25) is 0 Å². The van der Waals surface area contributed by atoms with Gasteiger partial charge in [0.1, 0.15) is 11.6 Å². The average Bonchev–Trinajstić information content (AvgIpc) is 3.12.